The van der Waals surface area contributed by atoms with E-state index in [1.54, 1.807) is 23.5 Å². The zero-order valence-electron chi connectivity index (χ0n) is 9.50. The fourth-order valence-corrected chi connectivity index (χ4v) is 3.08. The molecule has 2 heterocycles. The second kappa shape index (κ2) is 4.42. The van der Waals surface area contributed by atoms with Gasteiger partial charge in [0.2, 0.25) is 5.78 Å². The number of rotatable bonds is 2. The highest BCUT2D eigenvalue weighted by atomic mass is 32.1. The zero-order valence-corrected chi connectivity index (χ0v) is 10.3. The maximum absolute atomic E-state index is 12.2. The van der Waals surface area contributed by atoms with Crippen molar-refractivity contribution in [1.29, 1.82) is 0 Å². The van der Waals surface area contributed by atoms with Crippen molar-refractivity contribution >= 4 is 22.9 Å². The largest absolute Gasteiger partial charge is 0.293 e. The van der Waals surface area contributed by atoms with E-state index in [0.29, 0.717) is 12.0 Å². The second-order valence-electron chi connectivity index (χ2n) is 4.15. The van der Waals surface area contributed by atoms with Crippen molar-refractivity contribution in [2.75, 3.05) is 0 Å². The predicted molar refractivity (Wildman–Crippen MR) is 66.8 cm³/mol. The molecule has 2 aromatic heterocycles. The van der Waals surface area contributed by atoms with Crippen molar-refractivity contribution in [3.05, 3.63) is 46.2 Å². The SMILES string of the molecule is O=C(c1ncccn1)C1CCc2sccc2C1=O. The smallest absolute Gasteiger partial charge is 0.210 e. The summed E-state index contributed by atoms with van der Waals surface area (Å²) in [7, 11) is 0. The Balaban J connectivity index is 1.92. The summed E-state index contributed by atoms with van der Waals surface area (Å²) in [6, 6.07) is 3.45. The third-order valence-corrected chi connectivity index (χ3v) is 4.07. The van der Waals surface area contributed by atoms with E-state index in [0.717, 1.165) is 11.3 Å². The molecule has 0 saturated carbocycles. The molecule has 3 rings (SSSR count). The van der Waals surface area contributed by atoms with Crippen LogP contribution in [0, 0.1) is 5.92 Å². The minimum atomic E-state index is -0.616. The molecule has 0 amide bonds. The van der Waals surface area contributed by atoms with Gasteiger partial charge in [0, 0.05) is 22.8 Å². The van der Waals surface area contributed by atoms with Gasteiger partial charge >= 0.3 is 0 Å². The Hall–Kier alpha value is -1.88. The first-order valence-corrected chi connectivity index (χ1v) is 6.57. The second-order valence-corrected chi connectivity index (χ2v) is 5.15. The molecule has 2 aromatic rings. The molecule has 90 valence electrons. The summed E-state index contributed by atoms with van der Waals surface area (Å²) in [6.45, 7) is 0. The highest BCUT2D eigenvalue weighted by Crippen LogP contribution is 2.30. The van der Waals surface area contributed by atoms with Crippen LogP contribution in [-0.2, 0) is 6.42 Å². The Kier molecular flexibility index (Phi) is 2.76. The van der Waals surface area contributed by atoms with Crippen molar-refractivity contribution in [2.45, 2.75) is 12.8 Å². The van der Waals surface area contributed by atoms with Gasteiger partial charge in [-0.2, -0.15) is 0 Å². The molecule has 0 aromatic carbocycles. The van der Waals surface area contributed by atoms with Gasteiger partial charge in [0.25, 0.3) is 0 Å². The summed E-state index contributed by atoms with van der Waals surface area (Å²) in [5, 5.41) is 1.90. The topological polar surface area (TPSA) is 59.9 Å². The Morgan fingerprint density at radius 1 is 1.33 bits per heavy atom. The fraction of sp³-hybridized carbons (Fsp3) is 0.231. The van der Waals surface area contributed by atoms with Gasteiger partial charge in [0.1, 0.15) is 0 Å². The number of thiophene rings is 1. The average Bonchev–Trinajstić information content (AvgIpc) is 2.89. The van der Waals surface area contributed by atoms with Crippen LogP contribution in [0.15, 0.2) is 29.9 Å². The van der Waals surface area contributed by atoms with E-state index in [1.807, 2.05) is 5.38 Å². The van der Waals surface area contributed by atoms with E-state index in [4.69, 9.17) is 0 Å². The minimum absolute atomic E-state index is 0.0880. The van der Waals surface area contributed by atoms with Gasteiger partial charge < -0.3 is 0 Å². The molecule has 5 heteroatoms. The lowest BCUT2D eigenvalue weighted by Gasteiger charge is -2.18. The Bertz CT molecular complexity index is 606. The van der Waals surface area contributed by atoms with Crippen molar-refractivity contribution in [3.63, 3.8) is 0 Å². The Morgan fingerprint density at radius 2 is 2.11 bits per heavy atom. The van der Waals surface area contributed by atoms with E-state index >= 15 is 0 Å². The molecule has 1 aliphatic carbocycles. The van der Waals surface area contributed by atoms with Crippen LogP contribution in [-0.4, -0.2) is 21.5 Å². The summed E-state index contributed by atoms with van der Waals surface area (Å²) >= 11 is 1.58. The monoisotopic (exact) mass is 258 g/mol. The molecule has 0 fully saturated rings. The van der Waals surface area contributed by atoms with Crippen LogP contribution in [0.1, 0.15) is 32.3 Å². The van der Waals surface area contributed by atoms with Gasteiger partial charge in [-0.1, -0.05) is 0 Å². The molecular weight excluding hydrogens is 248 g/mol. The summed E-state index contributed by atoms with van der Waals surface area (Å²) in [5.41, 5.74) is 0.695. The lowest BCUT2D eigenvalue weighted by atomic mass is 9.84. The van der Waals surface area contributed by atoms with E-state index in [1.165, 1.54) is 12.4 Å². The van der Waals surface area contributed by atoms with Crippen molar-refractivity contribution < 1.29 is 9.59 Å². The number of aromatic nitrogens is 2. The molecule has 0 aliphatic heterocycles. The number of Topliss-reactive ketones (excluding diaryl/α,β-unsaturated/α-hetero) is 2. The summed E-state index contributed by atoms with van der Waals surface area (Å²) in [5.74, 6) is -0.837. The first-order valence-electron chi connectivity index (χ1n) is 5.69. The highest BCUT2D eigenvalue weighted by molar-refractivity contribution is 7.10. The van der Waals surface area contributed by atoms with E-state index in [9.17, 15) is 9.59 Å². The lowest BCUT2D eigenvalue weighted by Crippen LogP contribution is -2.29. The van der Waals surface area contributed by atoms with Crippen LogP contribution in [0.4, 0.5) is 0 Å². The Morgan fingerprint density at radius 3 is 2.89 bits per heavy atom. The van der Waals surface area contributed by atoms with Crippen molar-refractivity contribution in [3.8, 4) is 0 Å². The number of fused-ring (bicyclic) bond motifs is 1. The standard InChI is InChI=1S/C13H10N2O2S/c16-11-8-4-7-18-10(8)3-2-9(11)12(17)13-14-5-1-6-15-13/h1,4-7,9H,2-3H2. The molecule has 0 N–H and O–H groups in total. The molecule has 0 saturated heterocycles. The van der Waals surface area contributed by atoms with Crippen LogP contribution in [0.5, 0.6) is 0 Å². The molecule has 4 nitrogen and oxygen atoms in total. The number of hydrogen-bond acceptors (Lipinski definition) is 5. The number of hydrogen-bond donors (Lipinski definition) is 0. The number of carbonyl (C=O) groups is 2. The van der Waals surface area contributed by atoms with Gasteiger partial charge in [-0.25, -0.2) is 9.97 Å². The van der Waals surface area contributed by atoms with Gasteiger partial charge in [-0.05, 0) is 30.4 Å². The van der Waals surface area contributed by atoms with Crippen LogP contribution in [0.2, 0.25) is 0 Å². The average molecular weight is 258 g/mol. The maximum atomic E-state index is 12.2. The normalized spacial score (nSPS) is 18.4. The van der Waals surface area contributed by atoms with Gasteiger partial charge in [0.05, 0.1) is 5.92 Å². The molecule has 0 spiro atoms. The molecule has 1 unspecified atom stereocenters. The van der Waals surface area contributed by atoms with E-state index in [-0.39, 0.29) is 17.4 Å². The maximum Gasteiger partial charge on any atom is 0.210 e. The van der Waals surface area contributed by atoms with Gasteiger partial charge in [-0.15, -0.1) is 11.3 Å². The number of aryl methyl sites for hydroxylation is 1. The molecule has 18 heavy (non-hydrogen) atoms. The van der Waals surface area contributed by atoms with E-state index < -0.39 is 5.92 Å². The first-order chi connectivity index (χ1) is 8.77. The molecule has 0 bridgehead atoms. The predicted octanol–water partition coefficient (Wildman–Crippen LogP) is 2.17. The van der Waals surface area contributed by atoms with Crippen molar-refractivity contribution in [2.24, 2.45) is 5.92 Å². The number of ketones is 2. The quantitative estimate of drug-likeness (QED) is 0.612. The van der Waals surface area contributed by atoms with Gasteiger partial charge in [0.15, 0.2) is 11.6 Å². The summed E-state index contributed by atoms with van der Waals surface area (Å²) < 4.78 is 0. The lowest BCUT2D eigenvalue weighted by molar-refractivity contribution is 0.0785. The third-order valence-electron chi connectivity index (χ3n) is 3.09. The first kappa shape index (κ1) is 11.2. The molecule has 1 aliphatic rings. The highest BCUT2D eigenvalue weighted by Gasteiger charge is 2.34. The Labute approximate surface area is 108 Å². The summed E-state index contributed by atoms with van der Waals surface area (Å²) in [6.07, 6.45) is 4.37. The van der Waals surface area contributed by atoms with Crippen LogP contribution in [0.3, 0.4) is 0 Å². The number of nitrogens with zero attached hydrogens (tertiary/aromatic N) is 2. The van der Waals surface area contributed by atoms with E-state index in [2.05, 4.69) is 9.97 Å². The van der Waals surface area contributed by atoms with Crippen molar-refractivity contribution in [1.82, 2.24) is 9.97 Å². The molecule has 0 radical (unpaired) electrons. The van der Waals surface area contributed by atoms with Crippen LogP contribution >= 0.6 is 11.3 Å². The third kappa shape index (κ3) is 1.76. The van der Waals surface area contributed by atoms with Crippen LogP contribution < -0.4 is 0 Å². The van der Waals surface area contributed by atoms with Gasteiger partial charge in [-0.3, -0.25) is 9.59 Å². The van der Waals surface area contributed by atoms with Crippen LogP contribution in [0.25, 0.3) is 0 Å². The summed E-state index contributed by atoms with van der Waals surface area (Å²) in [4.78, 5) is 33.3. The fourth-order valence-electron chi connectivity index (χ4n) is 2.18. The molecular formula is C13H10N2O2S. The number of carbonyl (C=O) groups excluding carboxylic acids is 2. The minimum Gasteiger partial charge on any atom is -0.293 e. The molecule has 1 atom stereocenters. The zero-order chi connectivity index (χ0) is 12.5.